The van der Waals surface area contributed by atoms with Gasteiger partial charge in [0, 0.05) is 12.3 Å². The summed E-state index contributed by atoms with van der Waals surface area (Å²) >= 11 is 5.73. The number of hydrogen-bond donors (Lipinski definition) is 1. The first-order chi connectivity index (χ1) is 7.99. The first-order valence-electron chi connectivity index (χ1n) is 5.29. The number of anilines is 1. The molecule has 0 spiro atoms. The Morgan fingerprint density at radius 2 is 2.12 bits per heavy atom. The summed E-state index contributed by atoms with van der Waals surface area (Å²) in [5.41, 5.74) is 7.59. The molecule has 0 radical (unpaired) electrons. The molecule has 0 fully saturated rings. The summed E-state index contributed by atoms with van der Waals surface area (Å²) in [4.78, 5) is 0. The van der Waals surface area contributed by atoms with Gasteiger partial charge in [0.05, 0.1) is 22.1 Å². The van der Waals surface area contributed by atoms with E-state index >= 15 is 0 Å². The lowest BCUT2D eigenvalue weighted by molar-refractivity contribution is 0.628. The third kappa shape index (κ3) is 2.26. The maximum Gasteiger partial charge on any atom is 0.143 e. The van der Waals surface area contributed by atoms with Crippen molar-refractivity contribution in [3.8, 4) is 5.69 Å². The Morgan fingerprint density at radius 3 is 2.71 bits per heavy atom. The van der Waals surface area contributed by atoms with Crippen LogP contribution >= 0.6 is 11.6 Å². The van der Waals surface area contributed by atoms with Crippen LogP contribution in [0, 0.1) is 5.82 Å². The summed E-state index contributed by atoms with van der Waals surface area (Å²) in [6, 6.07) is 4.58. The maximum atomic E-state index is 13.2. The highest BCUT2D eigenvalue weighted by atomic mass is 35.5. The van der Waals surface area contributed by atoms with E-state index in [4.69, 9.17) is 17.3 Å². The molecule has 0 unspecified atom stereocenters. The Labute approximate surface area is 104 Å². The van der Waals surface area contributed by atoms with Gasteiger partial charge >= 0.3 is 0 Å². The topological polar surface area (TPSA) is 43.8 Å². The number of hydrogen-bond acceptors (Lipinski definition) is 2. The molecule has 1 aromatic carbocycles. The molecule has 17 heavy (non-hydrogen) atoms. The standard InChI is InChI=1S/C12H13ClFN3/c1-7(2)11-3-4-17(16-11)12-5-8(13)9(14)6-10(12)15/h3-7H,15H2,1-2H3. The number of nitrogen functional groups attached to an aromatic ring is 1. The van der Waals surface area contributed by atoms with Gasteiger partial charge in [-0.1, -0.05) is 25.4 Å². The largest absolute Gasteiger partial charge is 0.397 e. The van der Waals surface area contributed by atoms with Crippen LogP contribution < -0.4 is 5.73 Å². The van der Waals surface area contributed by atoms with Crippen LogP contribution in [0.2, 0.25) is 5.02 Å². The van der Waals surface area contributed by atoms with E-state index in [0.717, 1.165) is 5.69 Å². The average Bonchev–Trinajstić information content (AvgIpc) is 2.72. The Bertz CT molecular complexity index is 549. The maximum absolute atomic E-state index is 13.2. The predicted molar refractivity (Wildman–Crippen MR) is 67.0 cm³/mol. The number of nitrogens with two attached hydrogens (primary N) is 1. The number of rotatable bonds is 2. The first-order valence-corrected chi connectivity index (χ1v) is 5.67. The van der Waals surface area contributed by atoms with Crippen molar-refractivity contribution in [1.82, 2.24) is 9.78 Å². The van der Waals surface area contributed by atoms with Crippen molar-refractivity contribution >= 4 is 17.3 Å². The molecule has 0 aliphatic rings. The van der Waals surface area contributed by atoms with Gasteiger partial charge in [0.25, 0.3) is 0 Å². The third-order valence-corrected chi connectivity index (χ3v) is 2.81. The van der Waals surface area contributed by atoms with Crippen molar-refractivity contribution in [2.45, 2.75) is 19.8 Å². The zero-order valence-corrected chi connectivity index (χ0v) is 10.4. The molecule has 0 atom stereocenters. The third-order valence-electron chi connectivity index (χ3n) is 2.52. The summed E-state index contributed by atoms with van der Waals surface area (Å²) in [5.74, 6) is -0.197. The van der Waals surface area contributed by atoms with Gasteiger partial charge in [0.15, 0.2) is 0 Å². The molecule has 3 nitrogen and oxygen atoms in total. The molecule has 2 N–H and O–H groups in total. The SMILES string of the molecule is CC(C)c1ccn(-c2cc(Cl)c(F)cc2N)n1. The van der Waals surface area contributed by atoms with Crippen molar-refractivity contribution in [1.29, 1.82) is 0 Å². The minimum atomic E-state index is -0.524. The van der Waals surface area contributed by atoms with Crippen LogP contribution in [0.3, 0.4) is 0 Å². The lowest BCUT2D eigenvalue weighted by Crippen LogP contribution is -2.02. The molecule has 0 aliphatic heterocycles. The summed E-state index contributed by atoms with van der Waals surface area (Å²) in [6.45, 7) is 4.10. The normalized spacial score (nSPS) is 11.1. The molecule has 1 aromatic heterocycles. The lowest BCUT2D eigenvalue weighted by atomic mass is 10.1. The molecule has 0 aliphatic carbocycles. The number of benzene rings is 1. The summed E-state index contributed by atoms with van der Waals surface area (Å²) in [7, 11) is 0. The number of nitrogens with zero attached hydrogens (tertiary/aromatic N) is 2. The van der Waals surface area contributed by atoms with E-state index in [0.29, 0.717) is 17.3 Å². The highest BCUT2D eigenvalue weighted by Crippen LogP contribution is 2.25. The van der Waals surface area contributed by atoms with Crippen LogP contribution in [0.5, 0.6) is 0 Å². The van der Waals surface area contributed by atoms with Crippen molar-refractivity contribution in [2.75, 3.05) is 5.73 Å². The average molecular weight is 254 g/mol. The fourth-order valence-electron chi connectivity index (χ4n) is 1.53. The quantitative estimate of drug-likeness (QED) is 0.834. The van der Waals surface area contributed by atoms with Crippen molar-refractivity contribution < 1.29 is 4.39 Å². The minimum absolute atomic E-state index is 0.0378. The van der Waals surface area contributed by atoms with Gasteiger partial charge in [-0.05, 0) is 18.1 Å². The van der Waals surface area contributed by atoms with Crippen LogP contribution in [0.1, 0.15) is 25.5 Å². The smallest absolute Gasteiger partial charge is 0.143 e. The minimum Gasteiger partial charge on any atom is -0.397 e. The van der Waals surface area contributed by atoms with E-state index in [1.54, 1.807) is 10.9 Å². The van der Waals surface area contributed by atoms with Gasteiger partial charge in [0.1, 0.15) is 5.82 Å². The van der Waals surface area contributed by atoms with E-state index in [1.807, 2.05) is 19.9 Å². The lowest BCUT2D eigenvalue weighted by Gasteiger charge is -2.07. The zero-order valence-electron chi connectivity index (χ0n) is 9.61. The van der Waals surface area contributed by atoms with Gasteiger partial charge in [-0.2, -0.15) is 5.10 Å². The van der Waals surface area contributed by atoms with Crippen molar-refractivity contribution in [3.05, 3.63) is 40.9 Å². The van der Waals surface area contributed by atoms with Crippen LogP contribution in [-0.4, -0.2) is 9.78 Å². The second kappa shape index (κ2) is 4.37. The molecule has 0 bridgehead atoms. The highest BCUT2D eigenvalue weighted by molar-refractivity contribution is 6.31. The molecular formula is C12H13ClFN3. The number of aromatic nitrogens is 2. The Balaban J connectivity index is 2.49. The monoisotopic (exact) mass is 253 g/mol. The van der Waals surface area contributed by atoms with Gasteiger partial charge in [-0.3, -0.25) is 0 Å². The van der Waals surface area contributed by atoms with Gasteiger partial charge < -0.3 is 5.73 Å². The second-order valence-corrected chi connectivity index (χ2v) is 4.57. The van der Waals surface area contributed by atoms with Gasteiger partial charge in [-0.15, -0.1) is 0 Å². The molecular weight excluding hydrogens is 241 g/mol. The van der Waals surface area contributed by atoms with E-state index < -0.39 is 5.82 Å². The molecule has 2 aromatic rings. The molecule has 1 heterocycles. The molecule has 2 rings (SSSR count). The van der Waals surface area contributed by atoms with Crippen LogP contribution in [-0.2, 0) is 0 Å². The Hall–Kier alpha value is -1.55. The fraction of sp³-hybridized carbons (Fsp3) is 0.250. The van der Waals surface area contributed by atoms with E-state index in [-0.39, 0.29) is 5.02 Å². The summed E-state index contributed by atoms with van der Waals surface area (Å²) < 4.78 is 14.8. The van der Waals surface area contributed by atoms with Crippen LogP contribution in [0.4, 0.5) is 10.1 Å². The molecule has 0 saturated heterocycles. The Kier molecular flexibility index (Phi) is 3.07. The van der Waals surface area contributed by atoms with E-state index in [2.05, 4.69) is 5.10 Å². The van der Waals surface area contributed by atoms with Crippen molar-refractivity contribution in [2.24, 2.45) is 0 Å². The molecule has 0 saturated carbocycles. The van der Waals surface area contributed by atoms with Crippen LogP contribution in [0.25, 0.3) is 5.69 Å². The molecule has 0 amide bonds. The summed E-state index contributed by atoms with van der Waals surface area (Å²) in [5, 5.41) is 4.40. The fourth-order valence-corrected chi connectivity index (χ4v) is 1.69. The van der Waals surface area contributed by atoms with Crippen LogP contribution in [0.15, 0.2) is 24.4 Å². The molecule has 90 valence electrons. The summed E-state index contributed by atoms with van der Waals surface area (Å²) in [6.07, 6.45) is 1.79. The Morgan fingerprint density at radius 1 is 1.41 bits per heavy atom. The molecule has 5 heteroatoms. The van der Waals surface area contributed by atoms with E-state index in [9.17, 15) is 4.39 Å². The number of halogens is 2. The van der Waals surface area contributed by atoms with Gasteiger partial charge in [0.2, 0.25) is 0 Å². The first kappa shape index (κ1) is 11.9. The highest BCUT2D eigenvalue weighted by Gasteiger charge is 2.10. The second-order valence-electron chi connectivity index (χ2n) is 4.17. The van der Waals surface area contributed by atoms with Crippen molar-refractivity contribution in [3.63, 3.8) is 0 Å². The zero-order chi connectivity index (χ0) is 12.6. The van der Waals surface area contributed by atoms with Gasteiger partial charge in [-0.25, -0.2) is 9.07 Å². The predicted octanol–water partition coefficient (Wildman–Crippen LogP) is 3.37. The van der Waals surface area contributed by atoms with E-state index in [1.165, 1.54) is 12.1 Å².